The van der Waals surface area contributed by atoms with Gasteiger partial charge in [-0.25, -0.2) is 0 Å². The van der Waals surface area contributed by atoms with Crippen LogP contribution in [0.2, 0.25) is 18.1 Å². The van der Waals surface area contributed by atoms with Gasteiger partial charge in [-0.3, -0.25) is 0 Å². The van der Waals surface area contributed by atoms with Gasteiger partial charge in [0.05, 0.1) is 17.8 Å². The van der Waals surface area contributed by atoms with E-state index in [-0.39, 0.29) is 16.2 Å². The third-order valence-electron chi connectivity index (χ3n) is 7.03. The van der Waals surface area contributed by atoms with Crippen LogP contribution >= 0.6 is 0 Å². The molecule has 3 rings (SSSR count). The first-order chi connectivity index (χ1) is 13.1. The third kappa shape index (κ3) is 4.22. The summed E-state index contributed by atoms with van der Waals surface area (Å²) in [5.74, 6) is 0.848. The number of ether oxygens (including phenoxy) is 1. The maximum atomic E-state index is 6.53. The van der Waals surface area contributed by atoms with E-state index in [4.69, 9.17) is 18.5 Å². The second kappa shape index (κ2) is 6.98. The Balaban J connectivity index is 1.94. The van der Waals surface area contributed by atoms with Crippen LogP contribution in [-0.4, -0.2) is 38.8 Å². The summed E-state index contributed by atoms with van der Waals surface area (Å²) >= 11 is 0. The predicted octanol–water partition coefficient (Wildman–Crippen LogP) is 5.87. The van der Waals surface area contributed by atoms with Gasteiger partial charge in [0.1, 0.15) is 11.4 Å². The van der Waals surface area contributed by atoms with Gasteiger partial charge in [-0.2, -0.15) is 0 Å². The first-order valence-electron chi connectivity index (χ1n) is 10.6. The highest BCUT2D eigenvalue weighted by Crippen LogP contribution is 2.45. The fraction of sp³-hybridized carbons (Fsp3) is 0.652. The first kappa shape index (κ1) is 22.6. The molecular formula is C23H37BO4Si. The first-order valence-corrected chi connectivity index (χ1v) is 13.5. The Morgan fingerprint density at radius 2 is 1.52 bits per heavy atom. The smallest absolute Gasteiger partial charge is 0.481 e. The largest absolute Gasteiger partial charge is 0.495 e. The average molecular weight is 416 g/mol. The number of para-hydroxylation sites is 1. The Hall–Kier alpha value is -1.08. The topological polar surface area (TPSA) is 36.9 Å². The lowest BCUT2D eigenvalue weighted by Gasteiger charge is -2.41. The summed E-state index contributed by atoms with van der Waals surface area (Å²) in [5, 5.41) is 0.147. The van der Waals surface area contributed by atoms with Crippen molar-refractivity contribution in [2.45, 2.75) is 90.3 Å². The van der Waals surface area contributed by atoms with Crippen LogP contribution in [0, 0.1) is 0 Å². The summed E-state index contributed by atoms with van der Waals surface area (Å²) in [6, 6.07) is 8.11. The Bertz CT molecular complexity index is 793. The highest BCUT2D eigenvalue weighted by Gasteiger charge is 2.54. The minimum Gasteiger partial charge on any atom is -0.481 e. The molecule has 0 spiro atoms. The zero-order valence-corrected chi connectivity index (χ0v) is 20.8. The van der Waals surface area contributed by atoms with Crippen molar-refractivity contribution in [2.75, 3.05) is 6.61 Å². The van der Waals surface area contributed by atoms with Crippen molar-refractivity contribution in [3.63, 3.8) is 0 Å². The Morgan fingerprint density at radius 1 is 0.966 bits per heavy atom. The standard InChI is InChI=1S/C23H37BO4Si/c1-20(2,3)29(9,10)25-16-23(8)15-18(17-13-11-12-14-19(17)26-23)24-27-21(4,5)22(6,7)28-24/h11-15H,16H2,1-10H3. The van der Waals surface area contributed by atoms with E-state index in [1.807, 2.05) is 18.2 Å². The van der Waals surface area contributed by atoms with Gasteiger partial charge in [0, 0.05) is 5.56 Å². The monoisotopic (exact) mass is 416 g/mol. The van der Waals surface area contributed by atoms with Gasteiger partial charge in [0.2, 0.25) is 0 Å². The molecule has 29 heavy (non-hydrogen) atoms. The van der Waals surface area contributed by atoms with Crippen molar-refractivity contribution in [3.8, 4) is 5.75 Å². The van der Waals surface area contributed by atoms with Crippen LogP contribution in [0.25, 0.3) is 5.47 Å². The maximum Gasteiger partial charge on any atom is 0.495 e. The van der Waals surface area contributed by atoms with Crippen LogP contribution in [0.1, 0.15) is 61.0 Å². The van der Waals surface area contributed by atoms with Crippen molar-refractivity contribution in [3.05, 3.63) is 35.9 Å². The summed E-state index contributed by atoms with van der Waals surface area (Å²) in [7, 11) is -2.33. The lowest BCUT2D eigenvalue weighted by molar-refractivity contribution is 0.00578. The highest BCUT2D eigenvalue weighted by molar-refractivity contribution is 6.74. The molecule has 1 atom stereocenters. The SMILES string of the molecule is CC1(CO[Si](C)(C)C(C)(C)C)C=C(B2OC(C)(C)C(C)(C)O2)c2ccccc2O1. The van der Waals surface area contributed by atoms with Gasteiger partial charge in [-0.1, -0.05) is 39.0 Å². The zero-order valence-electron chi connectivity index (χ0n) is 19.8. The molecule has 4 nitrogen and oxygen atoms in total. The molecule has 0 radical (unpaired) electrons. The van der Waals surface area contributed by atoms with Crippen molar-refractivity contribution in [1.82, 2.24) is 0 Å². The summed E-state index contributed by atoms with van der Waals surface area (Å²) in [6.07, 6.45) is 2.14. The van der Waals surface area contributed by atoms with Gasteiger partial charge in [-0.05, 0) is 70.4 Å². The van der Waals surface area contributed by atoms with Crippen molar-refractivity contribution in [1.29, 1.82) is 0 Å². The quantitative estimate of drug-likeness (QED) is 0.575. The summed E-state index contributed by atoms with van der Waals surface area (Å²) < 4.78 is 25.7. The normalized spacial score (nSPS) is 26.0. The van der Waals surface area contributed by atoms with E-state index in [0.717, 1.165) is 16.8 Å². The molecule has 1 fully saturated rings. The van der Waals surface area contributed by atoms with Crippen LogP contribution < -0.4 is 4.74 Å². The van der Waals surface area contributed by atoms with E-state index in [1.165, 1.54) is 0 Å². The summed E-state index contributed by atoms with van der Waals surface area (Å²) in [4.78, 5) is 0. The second-order valence-corrected chi connectivity index (χ2v) is 16.0. The fourth-order valence-corrected chi connectivity index (χ4v) is 4.34. The van der Waals surface area contributed by atoms with E-state index < -0.39 is 21.0 Å². The van der Waals surface area contributed by atoms with Crippen molar-refractivity contribution < 1.29 is 18.5 Å². The molecule has 160 valence electrons. The molecule has 0 N–H and O–H groups in total. The number of hydrogen-bond donors (Lipinski definition) is 0. The molecule has 2 aliphatic rings. The van der Waals surface area contributed by atoms with E-state index in [2.05, 4.69) is 80.6 Å². The molecule has 0 aliphatic carbocycles. The molecule has 0 saturated carbocycles. The maximum absolute atomic E-state index is 6.53. The minimum absolute atomic E-state index is 0.147. The zero-order chi connectivity index (χ0) is 21.9. The average Bonchev–Trinajstić information content (AvgIpc) is 2.79. The third-order valence-corrected chi connectivity index (χ3v) is 11.5. The summed E-state index contributed by atoms with van der Waals surface area (Å²) in [5.41, 5.74) is 0.685. The van der Waals surface area contributed by atoms with Crippen LogP contribution in [0.4, 0.5) is 0 Å². The molecule has 0 amide bonds. The Kier molecular flexibility index (Phi) is 5.44. The van der Waals surface area contributed by atoms with Crippen LogP contribution in [0.3, 0.4) is 0 Å². The Morgan fingerprint density at radius 3 is 2.07 bits per heavy atom. The molecular weight excluding hydrogens is 379 g/mol. The fourth-order valence-electron chi connectivity index (χ4n) is 3.26. The van der Waals surface area contributed by atoms with Crippen LogP contribution in [0.15, 0.2) is 30.3 Å². The van der Waals surface area contributed by atoms with Crippen LogP contribution in [0.5, 0.6) is 5.75 Å². The highest BCUT2D eigenvalue weighted by atomic mass is 28.4. The molecule has 6 heteroatoms. The minimum atomic E-state index is -1.90. The lowest BCUT2D eigenvalue weighted by atomic mass is 9.71. The second-order valence-electron chi connectivity index (χ2n) is 11.1. The molecule has 0 bridgehead atoms. The van der Waals surface area contributed by atoms with Crippen molar-refractivity contribution in [2.24, 2.45) is 0 Å². The number of fused-ring (bicyclic) bond motifs is 1. The molecule has 1 aromatic carbocycles. The van der Waals surface area contributed by atoms with Gasteiger partial charge in [-0.15, -0.1) is 0 Å². The molecule has 1 aromatic rings. The van der Waals surface area contributed by atoms with E-state index in [1.54, 1.807) is 0 Å². The van der Waals surface area contributed by atoms with Gasteiger partial charge in [0.15, 0.2) is 8.32 Å². The molecule has 2 aliphatic heterocycles. The molecule has 1 unspecified atom stereocenters. The lowest BCUT2D eigenvalue weighted by Crippen LogP contribution is -2.47. The predicted molar refractivity (Wildman–Crippen MR) is 123 cm³/mol. The van der Waals surface area contributed by atoms with Crippen molar-refractivity contribution >= 4 is 20.9 Å². The summed E-state index contributed by atoms with van der Waals surface area (Å²) in [6.45, 7) is 22.2. The Labute approximate surface area is 178 Å². The van der Waals surface area contributed by atoms with E-state index in [0.29, 0.717) is 6.61 Å². The molecule has 2 heterocycles. The number of benzene rings is 1. The van der Waals surface area contributed by atoms with Gasteiger partial charge >= 0.3 is 7.12 Å². The molecule has 1 saturated heterocycles. The van der Waals surface area contributed by atoms with Gasteiger partial charge < -0.3 is 18.5 Å². The van der Waals surface area contributed by atoms with Crippen LogP contribution in [-0.2, 0) is 13.7 Å². The number of rotatable bonds is 4. The van der Waals surface area contributed by atoms with E-state index >= 15 is 0 Å². The number of hydrogen-bond acceptors (Lipinski definition) is 4. The van der Waals surface area contributed by atoms with E-state index in [9.17, 15) is 0 Å². The molecule has 0 aromatic heterocycles. The van der Waals surface area contributed by atoms with Gasteiger partial charge in [0.25, 0.3) is 0 Å².